The highest BCUT2D eigenvalue weighted by Gasteiger charge is 2.28. The topological polar surface area (TPSA) is 77.0 Å². The smallest absolute Gasteiger partial charge is 0.257 e. The largest absolute Gasteiger partial charge is 0.339 e. The standard InChI is InChI=1S/C18H25N5O/c1-3-16-15(12-21-23(16)17-6-4-5-9-20-17)18(24)22-10-7-14(8-11-22)13(2)19/h4-6,9,12-14H,3,7-8,10-11,19H2,1-2H3. The van der Waals surface area contributed by atoms with Crippen LogP contribution in [0.1, 0.15) is 42.7 Å². The lowest BCUT2D eigenvalue weighted by Gasteiger charge is -2.33. The maximum atomic E-state index is 12.9. The molecule has 1 aliphatic heterocycles. The first kappa shape index (κ1) is 16.6. The van der Waals surface area contributed by atoms with Crippen LogP contribution in [0.4, 0.5) is 0 Å². The molecule has 24 heavy (non-hydrogen) atoms. The number of hydrogen-bond donors (Lipinski definition) is 1. The molecule has 1 aliphatic rings. The van der Waals surface area contributed by atoms with Crippen molar-refractivity contribution in [1.82, 2.24) is 19.7 Å². The fourth-order valence-corrected chi connectivity index (χ4v) is 3.37. The number of nitrogens with two attached hydrogens (primary N) is 1. The number of amides is 1. The Morgan fingerprint density at radius 1 is 1.38 bits per heavy atom. The molecule has 0 spiro atoms. The van der Waals surface area contributed by atoms with Crippen molar-refractivity contribution < 1.29 is 4.79 Å². The number of hydrogen-bond acceptors (Lipinski definition) is 4. The fourth-order valence-electron chi connectivity index (χ4n) is 3.37. The summed E-state index contributed by atoms with van der Waals surface area (Å²) in [4.78, 5) is 19.2. The predicted molar refractivity (Wildman–Crippen MR) is 93.0 cm³/mol. The van der Waals surface area contributed by atoms with E-state index in [0.29, 0.717) is 11.5 Å². The fraction of sp³-hybridized carbons (Fsp3) is 0.500. The SMILES string of the molecule is CCc1c(C(=O)N2CCC(C(C)N)CC2)cnn1-c1ccccn1. The summed E-state index contributed by atoms with van der Waals surface area (Å²) < 4.78 is 1.77. The summed E-state index contributed by atoms with van der Waals surface area (Å²) in [6.45, 7) is 5.62. The summed E-state index contributed by atoms with van der Waals surface area (Å²) in [6.07, 6.45) is 6.08. The Labute approximate surface area is 142 Å². The lowest BCUT2D eigenvalue weighted by Crippen LogP contribution is -2.42. The summed E-state index contributed by atoms with van der Waals surface area (Å²) >= 11 is 0. The first-order chi connectivity index (χ1) is 11.6. The van der Waals surface area contributed by atoms with Gasteiger partial charge in [0.1, 0.15) is 0 Å². The average molecular weight is 327 g/mol. The molecule has 1 unspecified atom stereocenters. The molecule has 3 heterocycles. The van der Waals surface area contributed by atoms with Gasteiger partial charge in [-0.05, 0) is 44.2 Å². The molecule has 0 bridgehead atoms. The first-order valence-electron chi connectivity index (χ1n) is 8.65. The molecule has 128 valence electrons. The molecule has 0 aromatic carbocycles. The zero-order valence-corrected chi connectivity index (χ0v) is 14.4. The van der Waals surface area contributed by atoms with Crippen molar-refractivity contribution >= 4 is 5.91 Å². The third-order valence-corrected chi connectivity index (χ3v) is 4.87. The molecule has 0 saturated carbocycles. The Balaban J connectivity index is 1.80. The number of carbonyl (C=O) groups is 1. The van der Waals surface area contributed by atoms with Gasteiger partial charge in [-0.1, -0.05) is 13.0 Å². The monoisotopic (exact) mass is 327 g/mol. The van der Waals surface area contributed by atoms with Crippen molar-refractivity contribution in [2.45, 2.75) is 39.2 Å². The van der Waals surface area contributed by atoms with Crippen molar-refractivity contribution in [2.24, 2.45) is 11.7 Å². The molecule has 1 atom stereocenters. The minimum atomic E-state index is 0.0668. The van der Waals surface area contributed by atoms with Gasteiger partial charge >= 0.3 is 0 Å². The Hall–Kier alpha value is -2.21. The van der Waals surface area contributed by atoms with Crippen molar-refractivity contribution in [2.75, 3.05) is 13.1 Å². The van der Waals surface area contributed by atoms with Crippen molar-refractivity contribution in [3.63, 3.8) is 0 Å². The van der Waals surface area contributed by atoms with Crippen LogP contribution in [0.5, 0.6) is 0 Å². The van der Waals surface area contributed by atoms with Crippen molar-refractivity contribution in [3.05, 3.63) is 41.9 Å². The molecule has 1 fully saturated rings. The Bertz CT molecular complexity index is 687. The highest BCUT2D eigenvalue weighted by molar-refractivity contribution is 5.95. The van der Waals surface area contributed by atoms with E-state index in [4.69, 9.17) is 5.73 Å². The van der Waals surface area contributed by atoms with E-state index in [-0.39, 0.29) is 11.9 Å². The van der Waals surface area contributed by atoms with Crippen LogP contribution in [0.25, 0.3) is 5.82 Å². The molecule has 3 rings (SSSR count). The number of piperidine rings is 1. The number of aromatic nitrogens is 3. The van der Waals surface area contributed by atoms with Crippen molar-refractivity contribution in [1.29, 1.82) is 0 Å². The molecule has 2 aromatic rings. The van der Waals surface area contributed by atoms with Gasteiger partial charge in [0.05, 0.1) is 17.5 Å². The lowest BCUT2D eigenvalue weighted by atomic mass is 9.90. The second-order valence-corrected chi connectivity index (χ2v) is 6.45. The highest BCUT2D eigenvalue weighted by Crippen LogP contribution is 2.23. The molecule has 0 aliphatic carbocycles. The molecule has 0 radical (unpaired) electrons. The van der Waals surface area contributed by atoms with Gasteiger partial charge in [-0.15, -0.1) is 0 Å². The van der Waals surface area contributed by atoms with Crippen molar-refractivity contribution in [3.8, 4) is 5.82 Å². The third kappa shape index (κ3) is 3.19. The van der Waals surface area contributed by atoms with E-state index in [1.54, 1.807) is 17.1 Å². The van der Waals surface area contributed by atoms with Gasteiger partial charge in [-0.25, -0.2) is 9.67 Å². The maximum Gasteiger partial charge on any atom is 0.257 e. The van der Waals surface area contributed by atoms with Crippen LogP contribution >= 0.6 is 0 Å². The van der Waals surface area contributed by atoms with Gasteiger partial charge in [0.2, 0.25) is 0 Å². The number of rotatable bonds is 4. The molecule has 6 heteroatoms. The van der Waals surface area contributed by atoms with E-state index < -0.39 is 0 Å². The molecule has 1 amide bonds. The molecular formula is C18H25N5O. The molecular weight excluding hydrogens is 302 g/mol. The molecule has 2 aromatic heterocycles. The van der Waals surface area contributed by atoms with Gasteiger partial charge in [0, 0.05) is 25.3 Å². The summed E-state index contributed by atoms with van der Waals surface area (Å²) in [5, 5.41) is 4.40. The van der Waals surface area contributed by atoms with Gasteiger partial charge < -0.3 is 10.6 Å². The van der Waals surface area contributed by atoms with E-state index in [1.807, 2.05) is 36.9 Å². The van der Waals surface area contributed by atoms with Crippen LogP contribution < -0.4 is 5.73 Å². The zero-order valence-electron chi connectivity index (χ0n) is 14.4. The summed E-state index contributed by atoms with van der Waals surface area (Å²) in [7, 11) is 0. The maximum absolute atomic E-state index is 12.9. The summed E-state index contributed by atoms with van der Waals surface area (Å²) in [5.41, 5.74) is 7.58. The van der Waals surface area contributed by atoms with Gasteiger partial charge in [0.25, 0.3) is 5.91 Å². The minimum Gasteiger partial charge on any atom is -0.339 e. The van der Waals surface area contributed by atoms with Crippen LogP contribution in [0.3, 0.4) is 0 Å². The number of pyridine rings is 1. The quantitative estimate of drug-likeness (QED) is 0.932. The van der Waals surface area contributed by atoms with E-state index in [1.165, 1.54) is 0 Å². The van der Waals surface area contributed by atoms with E-state index in [2.05, 4.69) is 10.1 Å². The third-order valence-electron chi connectivity index (χ3n) is 4.87. The Kier molecular flexibility index (Phi) is 4.94. The molecule has 6 nitrogen and oxygen atoms in total. The number of likely N-dealkylation sites (tertiary alicyclic amines) is 1. The summed E-state index contributed by atoms with van der Waals surface area (Å²) in [5.74, 6) is 1.32. The van der Waals surface area contributed by atoms with Crippen LogP contribution in [0, 0.1) is 5.92 Å². The van der Waals surface area contributed by atoms with Crippen LogP contribution in [0.2, 0.25) is 0 Å². The van der Waals surface area contributed by atoms with Crippen LogP contribution in [-0.2, 0) is 6.42 Å². The minimum absolute atomic E-state index is 0.0668. The van der Waals surface area contributed by atoms with E-state index in [9.17, 15) is 4.79 Å². The predicted octanol–water partition coefficient (Wildman–Crippen LogP) is 2.03. The van der Waals surface area contributed by atoms with Gasteiger partial charge in [-0.3, -0.25) is 4.79 Å². The van der Waals surface area contributed by atoms with Gasteiger partial charge in [0.15, 0.2) is 5.82 Å². The second-order valence-electron chi connectivity index (χ2n) is 6.45. The number of nitrogens with zero attached hydrogens (tertiary/aromatic N) is 4. The average Bonchev–Trinajstić information content (AvgIpc) is 3.06. The van der Waals surface area contributed by atoms with E-state index >= 15 is 0 Å². The zero-order chi connectivity index (χ0) is 17.1. The van der Waals surface area contributed by atoms with Gasteiger partial charge in [-0.2, -0.15) is 5.10 Å². The summed E-state index contributed by atoms with van der Waals surface area (Å²) in [6, 6.07) is 5.88. The first-order valence-corrected chi connectivity index (χ1v) is 8.65. The Morgan fingerprint density at radius 2 is 2.12 bits per heavy atom. The van der Waals surface area contributed by atoms with E-state index in [0.717, 1.165) is 43.9 Å². The molecule has 1 saturated heterocycles. The number of carbonyl (C=O) groups excluding carboxylic acids is 1. The van der Waals surface area contributed by atoms with Crippen LogP contribution in [0.15, 0.2) is 30.6 Å². The Morgan fingerprint density at radius 3 is 2.71 bits per heavy atom. The molecule has 2 N–H and O–H groups in total. The van der Waals surface area contributed by atoms with Crippen LogP contribution in [-0.4, -0.2) is 44.7 Å². The lowest BCUT2D eigenvalue weighted by molar-refractivity contribution is 0.0680. The highest BCUT2D eigenvalue weighted by atomic mass is 16.2. The second kappa shape index (κ2) is 7.13. The normalized spacial score (nSPS) is 17.0.